The Morgan fingerprint density at radius 3 is 2.56 bits per heavy atom. The average Bonchev–Trinajstić information content (AvgIpc) is 3.45. The van der Waals surface area contributed by atoms with Crippen LogP contribution in [0.2, 0.25) is 0 Å². The molecule has 1 amide bonds. The number of aryl methyl sites for hydroxylation is 1. The highest BCUT2D eigenvalue weighted by atomic mass is 16.5. The van der Waals surface area contributed by atoms with Gasteiger partial charge in [-0.1, -0.05) is 39.0 Å². The molecular formula is C26H29N5O3. The van der Waals surface area contributed by atoms with Crippen molar-refractivity contribution in [2.75, 3.05) is 0 Å². The summed E-state index contributed by atoms with van der Waals surface area (Å²) in [6, 6.07) is 11.5. The number of para-hydroxylation sites is 1. The summed E-state index contributed by atoms with van der Waals surface area (Å²) in [6.07, 6.45) is 5.38. The first-order chi connectivity index (χ1) is 16.2. The first-order valence-electron chi connectivity index (χ1n) is 11.4. The molecule has 8 nitrogen and oxygen atoms in total. The molecule has 2 aromatic heterocycles. The molecule has 0 spiro atoms. The summed E-state index contributed by atoms with van der Waals surface area (Å²) >= 11 is 0. The lowest BCUT2D eigenvalue weighted by Gasteiger charge is -2.21. The van der Waals surface area contributed by atoms with Crippen molar-refractivity contribution >= 4 is 17.7 Å². The van der Waals surface area contributed by atoms with Crippen molar-refractivity contribution in [1.82, 2.24) is 20.1 Å². The lowest BCUT2D eigenvalue weighted by Crippen LogP contribution is -2.41. The Morgan fingerprint density at radius 2 is 1.91 bits per heavy atom. The van der Waals surface area contributed by atoms with Gasteiger partial charge in [0.25, 0.3) is 5.91 Å². The minimum absolute atomic E-state index is 0.0171. The van der Waals surface area contributed by atoms with Gasteiger partial charge in [0.1, 0.15) is 17.3 Å². The highest BCUT2D eigenvalue weighted by Gasteiger charge is 2.43. The molecule has 0 saturated carbocycles. The Balaban J connectivity index is 1.61. The fourth-order valence-electron chi connectivity index (χ4n) is 3.65. The zero-order valence-corrected chi connectivity index (χ0v) is 20.1. The lowest BCUT2D eigenvalue weighted by atomic mass is 9.89. The van der Waals surface area contributed by atoms with E-state index in [2.05, 4.69) is 20.4 Å². The molecule has 0 bridgehead atoms. The molecule has 2 atom stereocenters. The quantitative estimate of drug-likeness (QED) is 0.538. The Bertz CT molecular complexity index is 1250. The fraction of sp³-hybridized carbons (Fsp3) is 0.346. The Morgan fingerprint density at radius 1 is 1.18 bits per heavy atom. The molecule has 1 aliphatic heterocycles. The molecule has 4 rings (SSSR count). The minimum Gasteiger partial charge on any atom is -0.454 e. The number of carbonyl (C=O) groups excluding carboxylic acids is 2. The minimum atomic E-state index is -0.916. The van der Waals surface area contributed by atoms with E-state index in [4.69, 9.17) is 4.74 Å². The molecule has 1 N–H and O–H groups in total. The number of aliphatic imine (C=N–C) groups is 1. The molecule has 34 heavy (non-hydrogen) atoms. The van der Waals surface area contributed by atoms with E-state index in [-0.39, 0.29) is 17.4 Å². The molecule has 2 unspecified atom stereocenters. The van der Waals surface area contributed by atoms with Crippen LogP contribution in [0, 0.1) is 5.92 Å². The van der Waals surface area contributed by atoms with Gasteiger partial charge in [0, 0.05) is 18.0 Å². The van der Waals surface area contributed by atoms with Crippen LogP contribution in [0.5, 0.6) is 0 Å². The number of aromatic nitrogens is 3. The fourth-order valence-corrected chi connectivity index (χ4v) is 3.65. The van der Waals surface area contributed by atoms with Gasteiger partial charge >= 0.3 is 5.97 Å². The molecule has 3 heterocycles. The summed E-state index contributed by atoms with van der Waals surface area (Å²) in [4.78, 5) is 35.0. The van der Waals surface area contributed by atoms with Gasteiger partial charge in [-0.3, -0.25) is 9.78 Å². The predicted octanol–water partition coefficient (Wildman–Crippen LogP) is 4.04. The molecule has 176 valence electrons. The van der Waals surface area contributed by atoms with Crippen LogP contribution in [0.3, 0.4) is 0 Å². The summed E-state index contributed by atoms with van der Waals surface area (Å²) in [5, 5.41) is 7.19. The van der Waals surface area contributed by atoms with Crippen molar-refractivity contribution in [2.24, 2.45) is 10.9 Å². The van der Waals surface area contributed by atoms with Crippen molar-refractivity contribution in [1.29, 1.82) is 0 Å². The van der Waals surface area contributed by atoms with Crippen LogP contribution < -0.4 is 5.32 Å². The van der Waals surface area contributed by atoms with Crippen LogP contribution in [-0.4, -0.2) is 38.0 Å². The van der Waals surface area contributed by atoms with Crippen LogP contribution in [0.15, 0.2) is 60.0 Å². The molecule has 8 heteroatoms. The summed E-state index contributed by atoms with van der Waals surface area (Å²) in [5.41, 5.74) is 2.23. The first-order valence-corrected chi connectivity index (χ1v) is 11.4. The SMILES string of the molecule is CCc1cnc(C2=NC(C)(C(C)C)C(=O)N2)c(C(=O)OC(C)c2cnn(-c3ccccc3)c2)c1. The zero-order chi connectivity index (χ0) is 24.5. The number of hydrogen-bond acceptors (Lipinski definition) is 6. The second-order valence-electron chi connectivity index (χ2n) is 8.91. The van der Waals surface area contributed by atoms with Crippen molar-refractivity contribution in [3.05, 3.63) is 77.4 Å². The molecule has 1 aromatic carbocycles. The van der Waals surface area contributed by atoms with Crippen LogP contribution >= 0.6 is 0 Å². The van der Waals surface area contributed by atoms with E-state index < -0.39 is 17.6 Å². The highest BCUT2D eigenvalue weighted by Crippen LogP contribution is 2.28. The number of ether oxygens (including phenoxy) is 1. The van der Waals surface area contributed by atoms with E-state index >= 15 is 0 Å². The van der Waals surface area contributed by atoms with E-state index in [0.717, 1.165) is 16.8 Å². The van der Waals surface area contributed by atoms with Crippen LogP contribution in [0.25, 0.3) is 5.69 Å². The smallest absolute Gasteiger partial charge is 0.341 e. The number of rotatable bonds is 7. The standard InChI is InChI=1S/C26H29N5O3/c1-6-18-12-21(22(27-13-18)23-29-25(33)26(5,30-23)16(2)3)24(32)34-17(4)19-14-28-31(15-19)20-10-8-7-9-11-20/h7-17H,6H2,1-5H3,(H,29,30,33). The zero-order valence-electron chi connectivity index (χ0n) is 20.1. The van der Waals surface area contributed by atoms with Crippen molar-refractivity contribution in [3.63, 3.8) is 0 Å². The number of nitrogens with zero attached hydrogens (tertiary/aromatic N) is 4. The van der Waals surface area contributed by atoms with Crippen molar-refractivity contribution < 1.29 is 14.3 Å². The molecule has 0 aliphatic carbocycles. The number of carbonyl (C=O) groups is 2. The third-order valence-corrected chi connectivity index (χ3v) is 6.33. The average molecular weight is 460 g/mol. The second-order valence-corrected chi connectivity index (χ2v) is 8.91. The molecule has 0 radical (unpaired) electrons. The predicted molar refractivity (Wildman–Crippen MR) is 129 cm³/mol. The van der Waals surface area contributed by atoms with Crippen LogP contribution in [-0.2, 0) is 16.0 Å². The van der Waals surface area contributed by atoms with Gasteiger partial charge in [-0.2, -0.15) is 5.10 Å². The second kappa shape index (κ2) is 9.21. The normalized spacial score (nSPS) is 18.5. The summed E-state index contributed by atoms with van der Waals surface area (Å²) in [7, 11) is 0. The van der Waals surface area contributed by atoms with Crippen molar-refractivity contribution in [2.45, 2.75) is 52.7 Å². The van der Waals surface area contributed by atoms with E-state index in [1.807, 2.05) is 57.3 Å². The molecule has 0 fully saturated rings. The molecule has 0 saturated heterocycles. The summed E-state index contributed by atoms with van der Waals surface area (Å²) in [5.74, 6) is -0.468. The third-order valence-electron chi connectivity index (χ3n) is 6.33. The van der Waals surface area contributed by atoms with E-state index in [1.165, 1.54) is 0 Å². The maximum Gasteiger partial charge on any atom is 0.341 e. The Kier molecular flexibility index (Phi) is 6.32. The monoisotopic (exact) mass is 459 g/mol. The maximum atomic E-state index is 13.3. The molecular weight excluding hydrogens is 430 g/mol. The van der Waals surface area contributed by atoms with Gasteiger partial charge < -0.3 is 10.1 Å². The highest BCUT2D eigenvalue weighted by molar-refractivity contribution is 6.17. The number of nitrogens with one attached hydrogen (secondary N) is 1. The van der Waals surface area contributed by atoms with Gasteiger partial charge in [0.05, 0.1) is 17.4 Å². The number of amidine groups is 1. The molecule has 3 aromatic rings. The van der Waals surface area contributed by atoms with Gasteiger partial charge in [0.15, 0.2) is 5.84 Å². The summed E-state index contributed by atoms with van der Waals surface area (Å²) in [6.45, 7) is 9.44. The van der Waals surface area contributed by atoms with E-state index in [1.54, 1.807) is 37.0 Å². The summed E-state index contributed by atoms with van der Waals surface area (Å²) < 4.78 is 7.53. The Labute approximate surface area is 199 Å². The number of pyridine rings is 1. The number of esters is 1. The number of benzene rings is 1. The van der Waals surface area contributed by atoms with Crippen molar-refractivity contribution in [3.8, 4) is 5.69 Å². The maximum absolute atomic E-state index is 13.3. The van der Waals surface area contributed by atoms with Gasteiger partial charge in [0.2, 0.25) is 0 Å². The van der Waals surface area contributed by atoms with E-state index in [0.29, 0.717) is 18.0 Å². The lowest BCUT2D eigenvalue weighted by molar-refractivity contribution is -0.124. The Hall–Kier alpha value is -3.81. The van der Waals surface area contributed by atoms with Gasteiger partial charge in [-0.15, -0.1) is 0 Å². The van der Waals surface area contributed by atoms with Crippen LogP contribution in [0.4, 0.5) is 0 Å². The first kappa shape index (κ1) is 23.4. The van der Waals surface area contributed by atoms with Gasteiger partial charge in [-0.25, -0.2) is 14.5 Å². The largest absolute Gasteiger partial charge is 0.454 e. The van der Waals surface area contributed by atoms with E-state index in [9.17, 15) is 9.59 Å². The number of hydrogen-bond donors (Lipinski definition) is 1. The van der Waals surface area contributed by atoms with Crippen LogP contribution in [0.1, 0.15) is 67.9 Å². The van der Waals surface area contributed by atoms with Gasteiger partial charge in [-0.05, 0) is 49.9 Å². The number of amides is 1. The third kappa shape index (κ3) is 4.35. The molecule has 1 aliphatic rings. The topological polar surface area (TPSA) is 98.5 Å².